The first kappa shape index (κ1) is 17.4. The van der Waals surface area contributed by atoms with Gasteiger partial charge in [-0.2, -0.15) is 0 Å². The van der Waals surface area contributed by atoms with Crippen molar-refractivity contribution in [3.05, 3.63) is 42.2 Å². The molecule has 1 atom stereocenters. The Balaban J connectivity index is 1.65. The highest BCUT2D eigenvalue weighted by molar-refractivity contribution is 5.92. The van der Waals surface area contributed by atoms with Gasteiger partial charge < -0.3 is 19.4 Å². The number of methoxy groups -OCH3 is 2. The highest BCUT2D eigenvalue weighted by Crippen LogP contribution is 2.32. The van der Waals surface area contributed by atoms with E-state index in [1.54, 1.807) is 26.4 Å². The van der Waals surface area contributed by atoms with Gasteiger partial charge in [-0.3, -0.25) is 9.69 Å². The van der Waals surface area contributed by atoms with Crippen molar-refractivity contribution in [2.45, 2.75) is 18.9 Å². The van der Waals surface area contributed by atoms with Crippen LogP contribution in [-0.2, 0) is 11.8 Å². The summed E-state index contributed by atoms with van der Waals surface area (Å²) in [5.41, 5.74) is 1.97. The number of aromatic nitrogens is 1. The smallest absolute Gasteiger partial charge is 0.238 e. The van der Waals surface area contributed by atoms with Crippen LogP contribution in [0.2, 0.25) is 0 Å². The molecular formula is C19H25N3O3. The van der Waals surface area contributed by atoms with Crippen molar-refractivity contribution in [3.63, 3.8) is 0 Å². The Morgan fingerprint density at radius 3 is 2.72 bits per heavy atom. The van der Waals surface area contributed by atoms with Crippen molar-refractivity contribution >= 4 is 11.6 Å². The second kappa shape index (κ2) is 7.61. The number of carbonyl (C=O) groups excluding carboxylic acids is 1. The van der Waals surface area contributed by atoms with Gasteiger partial charge in [0.25, 0.3) is 0 Å². The van der Waals surface area contributed by atoms with Crippen molar-refractivity contribution in [2.24, 2.45) is 7.05 Å². The van der Waals surface area contributed by atoms with Crippen LogP contribution < -0.4 is 14.8 Å². The number of amides is 1. The number of nitrogens with zero attached hydrogens (tertiary/aromatic N) is 2. The summed E-state index contributed by atoms with van der Waals surface area (Å²) in [6.07, 6.45) is 4.25. The number of hydrogen-bond donors (Lipinski definition) is 1. The molecule has 0 saturated carbocycles. The van der Waals surface area contributed by atoms with E-state index in [-0.39, 0.29) is 5.91 Å². The molecule has 25 heavy (non-hydrogen) atoms. The zero-order chi connectivity index (χ0) is 17.8. The molecule has 0 spiro atoms. The number of benzene rings is 1. The highest BCUT2D eigenvalue weighted by atomic mass is 16.5. The molecule has 1 aromatic carbocycles. The van der Waals surface area contributed by atoms with Crippen molar-refractivity contribution in [1.82, 2.24) is 9.47 Å². The number of likely N-dealkylation sites (tertiary alicyclic amines) is 1. The monoisotopic (exact) mass is 343 g/mol. The first-order valence-electron chi connectivity index (χ1n) is 8.49. The average Bonchev–Trinajstić information content (AvgIpc) is 3.23. The highest BCUT2D eigenvalue weighted by Gasteiger charge is 2.29. The van der Waals surface area contributed by atoms with Crippen LogP contribution >= 0.6 is 0 Å². The first-order valence-corrected chi connectivity index (χ1v) is 8.49. The fourth-order valence-electron chi connectivity index (χ4n) is 3.47. The Morgan fingerprint density at radius 2 is 2.04 bits per heavy atom. The lowest BCUT2D eigenvalue weighted by molar-refractivity contribution is -0.117. The maximum atomic E-state index is 12.5. The Labute approximate surface area is 148 Å². The number of carbonyl (C=O) groups is 1. The number of nitrogens with one attached hydrogen (secondary N) is 1. The molecular weight excluding hydrogens is 318 g/mol. The molecule has 6 nitrogen and oxygen atoms in total. The molecule has 1 amide bonds. The average molecular weight is 343 g/mol. The van der Waals surface area contributed by atoms with E-state index >= 15 is 0 Å². The third kappa shape index (κ3) is 3.79. The number of anilines is 1. The molecule has 1 saturated heterocycles. The van der Waals surface area contributed by atoms with Gasteiger partial charge >= 0.3 is 0 Å². The zero-order valence-corrected chi connectivity index (χ0v) is 15.0. The lowest BCUT2D eigenvalue weighted by Gasteiger charge is -2.24. The van der Waals surface area contributed by atoms with Crippen LogP contribution in [0.15, 0.2) is 36.5 Å². The minimum absolute atomic E-state index is 0.0201. The molecule has 6 heteroatoms. The topological polar surface area (TPSA) is 55.7 Å². The van der Waals surface area contributed by atoms with Crippen LogP contribution in [0.1, 0.15) is 24.6 Å². The molecule has 1 aromatic heterocycles. The zero-order valence-electron chi connectivity index (χ0n) is 15.0. The van der Waals surface area contributed by atoms with E-state index in [0.29, 0.717) is 29.8 Å². The van der Waals surface area contributed by atoms with E-state index in [1.165, 1.54) is 5.69 Å². The molecule has 0 radical (unpaired) electrons. The van der Waals surface area contributed by atoms with Crippen molar-refractivity contribution in [2.75, 3.05) is 32.6 Å². The predicted molar refractivity (Wildman–Crippen MR) is 97.1 cm³/mol. The second-order valence-electron chi connectivity index (χ2n) is 6.29. The molecule has 1 fully saturated rings. The van der Waals surface area contributed by atoms with Crippen LogP contribution in [0, 0.1) is 0 Å². The Bertz CT molecular complexity index is 741. The van der Waals surface area contributed by atoms with Crippen LogP contribution in [0.25, 0.3) is 0 Å². The summed E-state index contributed by atoms with van der Waals surface area (Å²) in [5, 5.41) is 2.95. The summed E-state index contributed by atoms with van der Waals surface area (Å²) >= 11 is 0. The third-order valence-electron chi connectivity index (χ3n) is 4.70. The lowest BCUT2D eigenvalue weighted by Crippen LogP contribution is -2.33. The van der Waals surface area contributed by atoms with Gasteiger partial charge in [-0.25, -0.2) is 0 Å². The van der Waals surface area contributed by atoms with Crippen LogP contribution in [-0.4, -0.2) is 42.7 Å². The van der Waals surface area contributed by atoms with Crippen molar-refractivity contribution in [1.29, 1.82) is 0 Å². The Kier molecular flexibility index (Phi) is 5.28. The van der Waals surface area contributed by atoms with Crippen molar-refractivity contribution < 1.29 is 14.3 Å². The lowest BCUT2D eigenvalue weighted by atomic mass is 10.1. The summed E-state index contributed by atoms with van der Waals surface area (Å²) < 4.78 is 12.6. The Morgan fingerprint density at radius 1 is 1.24 bits per heavy atom. The normalized spacial score (nSPS) is 17.5. The standard InChI is InChI=1S/C19H25N3O3/c1-21-10-4-6-15(21)16-7-5-11-22(16)13-19(23)20-14-8-9-17(24-2)18(12-14)25-3/h4,6,8-10,12,16H,5,7,11,13H2,1-3H3,(H,20,23)/t16-/m0/s1. The van der Waals surface area contributed by atoms with E-state index < -0.39 is 0 Å². The third-order valence-corrected chi connectivity index (χ3v) is 4.70. The van der Waals surface area contributed by atoms with Crippen LogP contribution in [0.3, 0.4) is 0 Å². The minimum Gasteiger partial charge on any atom is -0.493 e. The quantitative estimate of drug-likeness (QED) is 0.876. The van der Waals surface area contributed by atoms with Gasteiger partial charge in [0.2, 0.25) is 5.91 Å². The van der Waals surface area contributed by atoms with E-state index in [1.807, 2.05) is 6.07 Å². The van der Waals surface area contributed by atoms with Gasteiger partial charge in [0, 0.05) is 30.7 Å². The fraction of sp³-hybridized carbons (Fsp3) is 0.421. The van der Waals surface area contributed by atoms with Gasteiger partial charge in [0.15, 0.2) is 11.5 Å². The molecule has 134 valence electrons. The SMILES string of the molecule is COc1ccc(NC(=O)CN2CCC[C@H]2c2cccn2C)cc1OC. The minimum atomic E-state index is -0.0201. The summed E-state index contributed by atoms with van der Waals surface area (Å²) in [6.45, 7) is 1.32. The molecule has 2 aromatic rings. The summed E-state index contributed by atoms with van der Waals surface area (Å²) in [4.78, 5) is 14.7. The maximum absolute atomic E-state index is 12.5. The van der Waals surface area contributed by atoms with Crippen LogP contribution in [0.5, 0.6) is 11.5 Å². The number of rotatable bonds is 6. The summed E-state index contributed by atoms with van der Waals surface area (Å²) in [6, 6.07) is 9.87. The molecule has 1 N–H and O–H groups in total. The van der Waals surface area contributed by atoms with Gasteiger partial charge in [-0.05, 0) is 43.7 Å². The number of hydrogen-bond acceptors (Lipinski definition) is 4. The van der Waals surface area contributed by atoms with Crippen LogP contribution in [0.4, 0.5) is 5.69 Å². The molecule has 1 aliphatic heterocycles. The van der Waals surface area contributed by atoms with Gasteiger partial charge in [-0.1, -0.05) is 0 Å². The molecule has 2 heterocycles. The predicted octanol–water partition coefficient (Wildman–Crippen LogP) is 2.82. The van der Waals surface area contributed by atoms with Gasteiger partial charge in [-0.15, -0.1) is 0 Å². The molecule has 3 rings (SSSR count). The second-order valence-corrected chi connectivity index (χ2v) is 6.29. The molecule has 0 aliphatic carbocycles. The number of ether oxygens (including phenoxy) is 2. The summed E-state index contributed by atoms with van der Waals surface area (Å²) in [7, 11) is 5.22. The van der Waals surface area contributed by atoms with E-state index in [9.17, 15) is 4.79 Å². The van der Waals surface area contributed by atoms with E-state index in [4.69, 9.17) is 9.47 Å². The molecule has 0 bridgehead atoms. The van der Waals surface area contributed by atoms with Gasteiger partial charge in [0.05, 0.1) is 26.8 Å². The molecule has 0 unspecified atom stereocenters. The van der Waals surface area contributed by atoms with E-state index in [0.717, 1.165) is 19.4 Å². The Hall–Kier alpha value is -2.47. The molecule has 1 aliphatic rings. The van der Waals surface area contributed by atoms with Gasteiger partial charge in [0.1, 0.15) is 0 Å². The largest absolute Gasteiger partial charge is 0.493 e. The van der Waals surface area contributed by atoms with Crippen molar-refractivity contribution in [3.8, 4) is 11.5 Å². The summed E-state index contributed by atoms with van der Waals surface area (Å²) in [5.74, 6) is 1.22. The first-order chi connectivity index (χ1) is 12.1. The maximum Gasteiger partial charge on any atom is 0.238 e. The number of aryl methyl sites for hydroxylation is 1. The van der Waals surface area contributed by atoms with E-state index in [2.05, 4.69) is 40.2 Å². The fourth-order valence-corrected chi connectivity index (χ4v) is 3.47.